The summed E-state index contributed by atoms with van der Waals surface area (Å²) in [6, 6.07) is 6.85. The number of amides is 1. The van der Waals surface area contributed by atoms with Gasteiger partial charge in [-0.05, 0) is 51.8 Å². The van der Waals surface area contributed by atoms with Crippen LogP contribution < -0.4 is 15.0 Å². The molecule has 3 heterocycles. The van der Waals surface area contributed by atoms with Crippen LogP contribution in [0.5, 0.6) is 11.5 Å². The fourth-order valence-electron chi connectivity index (χ4n) is 4.32. The number of nitrogens with zero attached hydrogens (tertiary/aromatic N) is 4. The van der Waals surface area contributed by atoms with Crippen LogP contribution >= 0.6 is 11.6 Å². The van der Waals surface area contributed by atoms with Crippen LogP contribution in [-0.2, 0) is 11.3 Å². The number of aliphatic hydroxyl groups is 1. The number of rotatable bonds is 5. The Morgan fingerprint density at radius 3 is 2.42 bits per heavy atom. The molecule has 1 saturated heterocycles. The topological polar surface area (TPSA) is 108 Å². The van der Waals surface area contributed by atoms with Gasteiger partial charge in [-0.15, -0.1) is 0 Å². The van der Waals surface area contributed by atoms with Crippen molar-refractivity contribution in [1.82, 2.24) is 19.0 Å². The number of benzene rings is 1. The monoisotopic (exact) mass is 518 g/mol. The summed E-state index contributed by atoms with van der Waals surface area (Å²) in [7, 11) is 3.09. The first-order valence-corrected chi connectivity index (χ1v) is 12.0. The average Bonchev–Trinajstić information content (AvgIpc) is 3.16. The SMILES string of the molecule is COc1ccc(-n2c(Cl)cc3c(=O)n(CC4(O)CCN(C(=O)OC(C)(C)C)CC4)cnc32)cc1OC. The molecule has 0 radical (unpaired) electrons. The van der Waals surface area contributed by atoms with E-state index in [9.17, 15) is 14.7 Å². The number of methoxy groups -OCH3 is 2. The first-order valence-electron chi connectivity index (χ1n) is 11.6. The number of carbonyl (C=O) groups is 1. The van der Waals surface area contributed by atoms with Gasteiger partial charge in [-0.2, -0.15) is 0 Å². The lowest BCUT2D eigenvalue weighted by Crippen LogP contribution is -2.50. The molecular weight excluding hydrogens is 488 g/mol. The van der Waals surface area contributed by atoms with E-state index in [1.165, 1.54) is 18.0 Å². The van der Waals surface area contributed by atoms with Gasteiger partial charge in [-0.1, -0.05) is 11.6 Å². The van der Waals surface area contributed by atoms with Crippen molar-refractivity contribution >= 4 is 28.7 Å². The number of carbonyl (C=O) groups excluding carboxylic acids is 1. The Kier molecular flexibility index (Phi) is 6.94. The van der Waals surface area contributed by atoms with E-state index < -0.39 is 17.3 Å². The molecule has 1 aromatic carbocycles. The van der Waals surface area contributed by atoms with E-state index in [-0.39, 0.29) is 12.1 Å². The maximum Gasteiger partial charge on any atom is 0.410 e. The molecule has 1 N–H and O–H groups in total. The number of likely N-dealkylation sites (tertiary alicyclic amines) is 1. The van der Waals surface area contributed by atoms with Crippen molar-refractivity contribution < 1.29 is 24.1 Å². The van der Waals surface area contributed by atoms with Crippen molar-refractivity contribution in [3.8, 4) is 17.2 Å². The van der Waals surface area contributed by atoms with Crippen molar-refractivity contribution in [3.63, 3.8) is 0 Å². The molecule has 0 atom stereocenters. The summed E-state index contributed by atoms with van der Waals surface area (Å²) in [5, 5.41) is 11.8. The van der Waals surface area contributed by atoms with Gasteiger partial charge in [0.25, 0.3) is 5.56 Å². The zero-order valence-electron chi connectivity index (χ0n) is 21.1. The van der Waals surface area contributed by atoms with Gasteiger partial charge in [0.05, 0.1) is 37.4 Å². The summed E-state index contributed by atoms with van der Waals surface area (Å²) in [5.74, 6) is 1.08. The quantitative estimate of drug-likeness (QED) is 0.549. The second-order valence-corrected chi connectivity index (χ2v) is 10.3. The molecule has 0 bridgehead atoms. The predicted molar refractivity (Wildman–Crippen MR) is 135 cm³/mol. The third-order valence-corrected chi connectivity index (χ3v) is 6.45. The van der Waals surface area contributed by atoms with Gasteiger partial charge in [-0.25, -0.2) is 9.78 Å². The van der Waals surface area contributed by atoms with Crippen LogP contribution in [0.3, 0.4) is 0 Å². The van der Waals surface area contributed by atoms with Crippen molar-refractivity contribution in [2.24, 2.45) is 0 Å². The molecule has 0 saturated carbocycles. The normalized spacial score (nSPS) is 15.7. The zero-order chi connectivity index (χ0) is 26.3. The first kappa shape index (κ1) is 25.8. The van der Waals surface area contributed by atoms with Gasteiger partial charge in [0, 0.05) is 19.2 Å². The van der Waals surface area contributed by atoms with Gasteiger partial charge in [-0.3, -0.25) is 13.9 Å². The molecule has 10 nitrogen and oxygen atoms in total. The van der Waals surface area contributed by atoms with Crippen molar-refractivity contribution in [2.45, 2.75) is 51.4 Å². The second kappa shape index (κ2) is 9.67. The molecule has 1 aliphatic rings. The van der Waals surface area contributed by atoms with E-state index in [1.54, 1.807) is 40.8 Å². The van der Waals surface area contributed by atoms with Gasteiger partial charge >= 0.3 is 6.09 Å². The molecule has 36 heavy (non-hydrogen) atoms. The summed E-state index contributed by atoms with van der Waals surface area (Å²) >= 11 is 6.51. The molecule has 2 aromatic heterocycles. The highest BCUT2D eigenvalue weighted by Crippen LogP contribution is 2.32. The highest BCUT2D eigenvalue weighted by atomic mass is 35.5. The maximum atomic E-state index is 13.3. The molecule has 0 aliphatic carbocycles. The lowest BCUT2D eigenvalue weighted by atomic mass is 9.91. The highest BCUT2D eigenvalue weighted by Gasteiger charge is 2.36. The number of fused-ring (bicyclic) bond motifs is 1. The summed E-state index contributed by atoms with van der Waals surface area (Å²) < 4.78 is 19.1. The predicted octanol–water partition coefficient (Wildman–Crippen LogP) is 3.62. The molecule has 1 amide bonds. The number of halogens is 1. The van der Waals surface area contributed by atoms with Crippen LogP contribution in [0.4, 0.5) is 4.79 Å². The van der Waals surface area contributed by atoms with Crippen molar-refractivity contribution in [2.75, 3.05) is 27.3 Å². The molecule has 11 heteroatoms. The number of hydrogen-bond donors (Lipinski definition) is 1. The number of aromatic nitrogens is 3. The molecule has 194 valence electrons. The lowest BCUT2D eigenvalue weighted by molar-refractivity contribution is -0.0419. The van der Waals surface area contributed by atoms with E-state index in [2.05, 4.69) is 4.98 Å². The summed E-state index contributed by atoms with van der Waals surface area (Å²) in [6.45, 7) is 6.15. The van der Waals surface area contributed by atoms with E-state index >= 15 is 0 Å². The summed E-state index contributed by atoms with van der Waals surface area (Å²) in [4.78, 5) is 31.7. The molecule has 3 aromatic rings. The fourth-order valence-corrected chi connectivity index (χ4v) is 4.60. The highest BCUT2D eigenvalue weighted by molar-refractivity contribution is 6.31. The van der Waals surface area contributed by atoms with Gasteiger partial charge in [0.1, 0.15) is 17.1 Å². The van der Waals surface area contributed by atoms with Gasteiger partial charge < -0.3 is 24.2 Å². The number of hydrogen-bond acceptors (Lipinski definition) is 7. The largest absolute Gasteiger partial charge is 0.493 e. The molecule has 0 spiro atoms. The molecular formula is C25H31ClN4O6. The molecule has 1 fully saturated rings. The maximum absolute atomic E-state index is 13.3. The Morgan fingerprint density at radius 2 is 1.81 bits per heavy atom. The Bertz CT molecular complexity index is 1330. The lowest BCUT2D eigenvalue weighted by Gasteiger charge is -2.38. The summed E-state index contributed by atoms with van der Waals surface area (Å²) in [6.07, 6.45) is 1.63. The fraction of sp³-hybridized carbons (Fsp3) is 0.480. The van der Waals surface area contributed by atoms with Crippen LogP contribution in [0, 0.1) is 0 Å². The minimum Gasteiger partial charge on any atom is -0.493 e. The first-order chi connectivity index (χ1) is 16.9. The Balaban J connectivity index is 1.57. The number of piperidine rings is 1. The van der Waals surface area contributed by atoms with Crippen LogP contribution in [-0.4, -0.2) is 68.7 Å². The number of ether oxygens (including phenoxy) is 3. The van der Waals surface area contributed by atoms with Gasteiger partial charge in [0.2, 0.25) is 0 Å². The van der Waals surface area contributed by atoms with Crippen LogP contribution in [0.25, 0.3) is 16.7 Å². The van der Waals surface area contributed by atoms with Crippen LogP contribution in [0.15, 0.2) is 35.4 Å². The second-order valence-electron chi connectivity index (χ2n) is 9.95. The van der Waals surface area contributed by atoms with Crippen molar-refractivity contribution in [1.29, 1.82) is 0 Å². The Hall–Kier alpha value is -3.24. The molecule has 1 aliphatic heterocycles. The Labute approximate surface area is 213 Å². The van der Waals surface area contributed by atoms with Crippen molar-refractivity contribution in [3.05, 3.63) is 46.1 Å². The molecule has 4 rings (SSSR count). The van der Waals surface area contributed by atoms with E-state index in [0.717, 1.165) is 0 Å². The standard InChI is InChI=1S/C25H31ClN4O6/c1-24(2,3)36-23(32)28-10-8-25(33,9-11-28)14-29-15-27-21-17(22(29)31)13-20(26)30(21)16-6-7-18(34-4)19(12-16)35-5/h6-7,12-13,15,33H,8-11,14H2,1-5H3. The third-order valence-electron chi connectivity index (χ3n) is 6.18. The van der Waals surface area contributed by atoms with E-state index in [0.29, 0.717) is 59.3 Å². The smallest absolute Gasteiger partial charge is 0.410 e. The third kappa shape index (κ3) is 5.15. The van der Waals surface area contributed by atoms with Gasteiger partial charge in [0.15, 0.2) is 17.1 Å². The van der Waals surface area contributed by atoms with Crippen LogP contribution in [0.1, 0.15) is 33.6 Å². The van der Waals surface area contributed by atoms with E-state index in [4.69, 9.17) is 25.8 Å². The minimum absolute atomic E-state index is 0.0517. The zero-order valence-corrected chi connectivity index (χ0v) is 21.8. The van der Waals surface area contributed by atoms with E-state index in [1.807, 2.05) is 20.8 Å². The Morgan fingerprint density at radius 1 is 1.14 bits per heavy atom. The minimum atomic E-state index is -1.16. The molecule has 0 unspecified atom stereocenters. The average molecular weight is 519 g/mol. The summed E-state index contributed by atoms with van der Waals surface area (Å²) in [5.41, 5.74) is -1.02. The van der Waals surface area contributed by atoms with Crippen LogP contribution in [0.2, 0.25) is 5.15 Å².